The Morgan fingerprint density at radius 2 is 1.71 bits per heavy atom. The van der Waals surface area contributed by atoms with Gasteiger partial charge in [-0.25, -0.2) is 0 Å². The van der Waals surface area contributed by atoms with Crippen molar-refractivity contribution in [2.45, 2.75) is 44.3 Å². The maximum Gasteiger partial charge on any atom is 0.392 e. The van der Waals surface area contributed by atoms with Crippen LogP contribution >= 0.6 is 23.2 Å². The topological polar surface area (TPSA) is 26.0 Å². The molecule has 0 spiro atoms. The van der Waals surface area contributed by atoms with E-state index in [1.807, 2.05) is 0 Å². The molecule has 0 heterocycles. The molecule has 3 unspecified atom stereocenters. The minimum atomic E-state index is -4.19. The molecule has 0 amide bonds. The summed E-state index contributed by atoms with van der Waals surface area (Å²) in [6.07, 6.45) is -1.84. The Hall–Kier alpha value is -0.450. The molecular weight excluding hydrogens is 322 g/mol. The van der Waals surface area contributed by atoms with E-state index in [1.54, 1.807) is 18.2 Å². The van der Waals surface area contributed by atoms with Crippen LogP contribution in [0.15, 0.2) is 18.2 Å². The van der Waals surface area contributed by atoms with Gasteiger partial charge in [0, 0.05) is 16.1 Å². The summed E-state index contributed by atoms with van der Waals surface area (Å²) in [5.74, 6) is -1.88. The number of halogens is 5. The molecular formula is C15H18Cl2F3N. The number of benzene rings is 1. The third kappa shape index (κ3) is 4.05. The minimum absolute atomic E-state index is 0.165. The molecule has 1 aliphatic carbocycles. The molecule has 3 atom stereocenters. The Kier molecular flexibility index (Phi) is 5.44. The van der Waals surface area contributed by atoms with Crippen molar-refractivity contribution < 1.29 is 13.2 Å². The third-order valence-corrected chi connectivity index (χ3v) is 5.00. The van der Waals surface area contributed by atoms with Crippen LogP contribution in [0.4, 0.5) is 13.2 Å². The van der Waals surface area contributed by atoms with Gasteiger partial charge in [0.15, 0.2) is 0 Å². The number of rotatable bonds is 3. The molecule has 2 N–H and O–H groups in total. The lowest BCUT2D eigenvalue weighted by Gasteiger charge is -2.36. The Labute approximate surface area is 132 Å². The molecule has 1 aromatic carbocycles. The van der Waals surface area contributed by atoms with E-state index in [0.717, 1.165) is 6.42 Å². The van der Waals surface area contributed by atoms with E-state index >= 15 is 0 Å². The lowest BCUT2D eigenvalue weighted by Crippen LogP contribution is -2.44. The van der Waals surface area contributed by atoms with Crippen molar-refractivity contribution in [2.24, 2.45) is 17.6 Å². The van der Waals surface area contributed by atoms with Gasteiger partial charge in [0.05, 0.1) is 5.92 Å². The molecule has 0 bridgehead atoms. The average Bonchev–Trinajstić information content (AvgIpc) is 2.42. The van der Waals surface area contributed by atoms with Crippen molar-refractivity contribution in [1.82, 2.24) is 0 Å². The normalized spacial score (nSPS) is 24.9. The molecule has 0 aromatic heterocycles. The van der Waals surface area contributed by atoms with Crippen LogP contribution in [-0.2, 0) is 6.42 Å². The number of hydrogen-bond donors (Lipinski definition) is 1. The smallest absolute Gasteiger partial charge is 0.327 e. The highest BCUT2D eigenvalue weighted by atomic mass is 35.5. The molecule has 1 aromatic rings. The number of hydrogen-bond acceptors (Lipinski definition) is 1. The van der Waals surface area contributed by atoms with Crippen LogP contribution in [-0.4, -0.2) is 12.2 Å². The van der Waals surface area contributed by atoms with Crippen molar-refractivity contribution >= 4 is 23.2 Å². The summed E-state index contributed by atoms with van der Waals surface area (Å²) < 4.78 is 39.4. The van der Waals surface area contributed by atoms with Gasteiger partial charge in [-0.2, -0.15) is 13.2 Å². The van der Waals surface area contributed by atoms with Crippen LogP contribution in [0.1, 0.15) is 31.2 Å². The maximum absolute atomic E-state index is 13.1. The van der Waals surface area contributed by atoms with E-state index < -0.39 is 24.1 Å². The van der Waals surface area contributed by atoms with Gasteiger partial charge in [-0.05, 0) is 42.9 Å². The average molecular weight is 340 g/mol. The SMILES string of the molecule is NC(Cc1c(Cl)cccc1Cl)C1CCCCC1C(F)(F)F. The maximum atomic E-state index is 13.1. The first kappa shape index (κ1) is 16.9. The molecule has 0 aliphatic heterocycles. The number of nitrogens with two attached hydrogens (primary N) is 1. The summed E-state index contributed by atoms with van der Waals surface area (Å²) in [4.78, 5) is 0. The summed E-state index contributed by atoms with van der Waals surface area (Å²) in [7, 11) is 0. The zero-order valence-electron chi connectivity index (χ0n) is 11.5. The standard InChI is InChI=1S/C15H18Cl2F3N/c16-12-6-3-7-13(17)10(12)8-14(21)9-4-1-2-5-11(9)15(18,19)20/h3,6-7,9,11,14H,1-2,4-5,8,21H2. The summed E-state index contributed by atoms with van der Waals surface area (Å²) in [5, 5.41) is 0.912. The fourth-order valence-electron chi connectivity index (χ4n) is 3.19. The fourth-order valence-corrected chi connectivity index (χ4v) is 3.74. The van der Waals surface area contributed by atoms with Gasteiger partial charge in [0.2, 0.25) is 0 Å². The Bertz CT molecular complexity index is 470. The molecule has 1 nitrogen and oxygen atoms in total. The monoisotopic (exact) mass is 339 g/mol. The van der Waals surface area contributed by atoms with Crippen LogP contribution in [0.25, 0.3) is 0 Å². The summed E-state index contributed by atoms with van der Waals surface area (Å²) in [6.45, 7) is 0. The van der Waals surface area contributed by atoms with Crippen molar-refractivity contribution in [3.05, 3.63) is 33.8 Å². The summed E-state index contributed by atoms with van der Waals surface area (Å²) in [5.41, 5.74) is 6.73. The number of alkyl halides is 3. The molecule has 0 radical (unpaired) electrons. The quantitative estimate of drug-likeness (QED) is 0.801. The van der Waals surface area contributed by atoms with Crippen LogP contribution in [0.5, 0.6) is 0 Å². The van der Waals surface area contributed by atoms with E-state index in [9.17, 15) is 13.2 Å². The summed E-state index contributed by atoms with van der Waals surface area (Å²) >= 11 is 12.2. The fraction of sp³-hybridized carbons (Fsp3) is 0.600. The first-order valence-electron chi connectivity index (χ1n) is 7.06. The van der Waals surface area contributed by atoms with Crippen LogP contribution in [0.2, 0.25) is 10.0 Å². The highest BCUT2D eigenvalue weighted by Gasteiger charge is 2.47. The molecule has 1 fully saturated rings. The van der Waals surface area contributed by atoms with Gasteiger partial charge in [-0.1, -0.05) is 42.1 Å². The largest absolute Gasteiger partial charge is 0.392 e. The minimum Gasteiger partial charge on any atom is -0.327 e. The van der Waals surface area contributed by atoms with E-state index in [4.69, 9.17) is 28.9 Å². The molecule has 21 heavy (non-hydrogen) atoms. The highest BCUT2D eigenvalue weighted by Crippen LogP contribution is 2.43. The predicted octanol–water partition coefficient (Wildman–Crippen LogP) is 5.23. The van der Waals surface area contributed by atoms with Gasteiger partial charge < -0.3 is 5.73 Å². The van der Waals surface area contributed by atoms with Gasteiger partial charge in [0.25, 0.3) is 0 Å². The lowest BCUT2D eigenvalue weighted by molar-refractivity contribution is -0.198. The first-order valence-corrected chi connectivity index (χ1v) is 7.81. The zero-order valence-corrected chi connectivity index (χ0v) is 13.0. The van der Waals surface area contributed by atoms with E-state index in [2.05, 4.69) is 0 Å². The Morgan fingerprint density at radius 3 is 2.29 bits per heavy atom. The molecule has 1 aliphatic rings. The second kappa shape index (κ2) is 6.76. The second-order valence-electron chi connectivity index (χ2n) is 5.66. The third-order valence-electron chi connectivity index (χ3n) is 4.29. The van der Waals surface area contributed by atoms with Crippen molar-refractivity contribution in [3.8, 4) is 0 Å². The molecule has 6 heteroatoms. The Morgan fingerprint density at radius 1 is 1.14 bits per heavy atom. The van der Waals surface area contributed by atoms with Gasteiger partial charge in [-0.3, -0.25) is 0 Å². The van der Waals surface area contributed by atoms with Crippen LogP contribution in [0, 0.1) is 11.8 Å². The van der Waals surface area contributed by atoms with Gasteiger partial charge >= 0.3 is 6.18 Å². The molecule has 118 valence electrons. The van der Waals surface area contributed by atoms with E-state index in [1.165, 1.54) is 0 Å². The highest BCUT2D eigenvalue weighted by molar-refractivity contribution is 6.36. The molecule has 0 saturated heterocycles. The zero-order chi connectivity index (χ0) is 15.6. The summed E-state index contributed by atoms with van der Waals surface area (Å²) in [6, 6.07) is 4.47. The second-order valence-corrected chi connectivity index (χ2v) is 6.48. The van der Waals surface area contributed by atoms with Crippen LogP contribution < -0.4 is 5.73 Å². The van der Waals surface area contributed by atoms with Crippen molar-refractivity contribution in [3.63, 3.8) is 0 Å². The van der Waals surface area contributed by atoms with Crippen LogP contribution in [0.3, 0.4) is 0 Å². The van der Waals surface area contributed by atoms with E-state index in [-0.39, 0.29) is 12.8 Å². The predicted molar refractivity (Wildman–Crippen MR) is 79.6 cm³/mol. The Balaban J connectivity index is 2.16. The van der Waals surface area contributed by atoms with Crippen molar-refractivity contribution in [1.29, 1.82) is 0 Å². The van der Waals surface area contributed by atoms with E-state index in [0.29, 0.717) is 28.5 Å². The first-order chi connectivity index (χ1) is 9.80. The van der Waals surface area contributed by atoms with Crippen molar-refractivity contribution in [2.75, 3.05) is 0 Å². The molecule has 2 rings (SSSR count). The van der Waals surface area contributed by atoms with Gasteiger partial charge in [-0.15, -0.1) is 0 Å². The lowest BCUT2D eigenvalue weighted by atomic mass is 9.73. The van der Waals surface area contributed by atoms with Gasteiger partial charge in [0.1, 0.15) is 0 Å². The molecule has 1 saturated carbocycles.